The first-order valence-corrected chi connectivity index (χ1v) is 8.78. The maximum Gasteiger partial charge on any atom is 0.0356 e. The third kappa shape index (κ3) is 3.82. The summed E-state index contributed by atoms with van der Waals surface area (Å²) in [6.07, 6.45) is 5.64. The summed E-state index contributed by atoms with van der Waals surface area (Å²) in [5.74, 6) is 2.66. The van der Waals surface area contributed by atoms with Gasteiger partial charge in [-0.1, -0.05) is 20.8 Å². The van der Waals surface area contributed by atoms with Crippen molar-refractivity contribution in [3.8, 4) is 0 Å². The fraction of sp³-hybridized carbons (Fsp3) is 0.765. The minimum atomic E-state index is 0.586. The van der Waals surface area contributed by atoms with E-state index in [4.69, 9.17) is 0 Å². The average Bonchev–Trinajstić information content (AvgIpc) is 2.82. The average molecular weight is 279 g/mol. The summed E-state index contributed by atoms with van der Waals surface area (Å²) in [6, 6.07) is 2.97. The van der Waals surface area contributed by atoms with Gasteiger partial charge in [0.05, 0.1) is 0 Å². The zero-order valence-corrected chi connectivity index (χ0v) is 13.7. The molecule has 0 spiro atoms. The predicted molar refractivity (Wildman–Crippen MR) is 85.8 cm³/mol. The Morgan fingerprint density at radius 2 is 1.84 bits per heavy atom. The fourth-order valence-electron chi connectivity index (χ4n) is 3.55. The number of thiophene rings is 1. The second-order valence-corrected chi connectivity index (χ2v) is 7.56. The van der Waals surface area contributed by atoms with Crippen LogP contribution in [0.1, 0.15) is 62.9 Å². The summed E-state index contributed by atoms with van der Waals surface area (Å²) >= 11 is 1.89. The number of hydrogen-bond acceptors (Lipinski definition) is 2. The first-order chi connectivity index (χ1) is 9.11. The highest BCUT2D eigenvalue weighted by atomic mass is 32.1. The minimum absolute atomic E-state index is 0.586. The smallest absolute Gasteiger partial charge is 0.0356 e. The van der Waals surface area contributed by atoms with E-state index in [9.17, 15) is 0 Å². The van der Waals surface area contributed by atoms with Gasteiger partial charge in [-0.25, -0.2) is 0 Å². The number of nitrogens with one attached hydrogen (secondary N) is 1. The molecule has 1 N–H and O–H groups in total. The molecule has 1 fully saturated rings. The molecule has 1 saturated carbocycles. The van der Waals surface area contributed by atoms with Crippen molar-refractivity contribution in [3.63, 3.8) is 0 Å². The Balaban J connectivity index is 2.01. The summed E-state index contributed by atoms with van der Waals surface area (Å²) in [4.78, 5) is 1.44. The molecule has 2 rings (SSSR count). The second-order valence-electron chi connectivity index (χ2n) is 6.44. The van der Waals surface area contributed by atoms with Gasteiger partial charge in [0.25, 0.3) is 0 Å². The van der Waals surface area contributed by atoms with Crippen LogP contribution in [-0.2, 0) is 0 Å². The first kappa shape index (κ1) is 15.1. The lowest BCUT2D eigenvalue weighted by atomic mass is 9.73. The summed E-state index contributed by atoms with van der Waals surface area (Å²) < 4.78 is 0. The molecule has 0 amide bonds. The molecule has 0 radical (unpaired) electrons. The molecule has 0 bridgehead atoms. The lowest BCUT2D eigenvalue weighted by Gasteiger charge is -2.35. The number of aryl methyl sites for hydroxylation is 1. The highest BCUT2D eigenvalue weighted by molar-refractivity contribution is 7.10. The third-order valence-corrected chi connectivity index (χ3v) is 5.64. The van der Waals surface area contributed by atoms with Gasteiger partial charge >= 0.3 is 0 Å². The Hall–Kier alpha value is -0.340. The molecule has 1 aliphatic carbocycles. The highest BCUT2D eigenvalue weighted by Gasteiger charge is 2.29. The summed E-state index contributed by atoms with van der Waals surface area (Å²) in [5.41, 5.74) is 1.53. The molecule has 108 valence electrons. The zero-order chi connectivity index (χ0) is 13.8. The van der Waals surface area contributed by atoms with Gasteiger partial charge in [-0.2, -0.15) is 0 Å². The van der Waals surface area contributed by atoms with Gasteiger partial charge < -0.3 is 5.32 Å². The molecule has 1 aromatic heterocycles. The minimum Gasteiger partial charge on any atom is -0.310 e. The molecular weight excluding hydrogens is 250 g/mol. The second kappa shape index (κ2) is 6.90. The van der Waals surface area contributed by atoms with Gasteiger partial charge in [0.15, 0.2) is 0 Å². The molecule has 2 heteroatoms. The zero-order valence-electron chi connectivity index (χ0n) is 12.9. The molecule has 0 saturated heterocycles. The van der Waals surface area contributed by atoms with E-state index in [2.05, 4.69) is 44.5 Å². The fourth-order valence-corrected chi connectivity index (χ4v) is 4.29. The van der Waals surface area contributed by atoms with E-state index < -0.39 is 0 Å². The topological polar surface area (TPSA) is 12.0 Å². The van der Waals surface area contributed by atoms with E-state index in [0.717, 1.165) is 24.3 Å². The Bertz CT molecular complexity index is 374. The molecule has 1 atom stereocenters. The van der Waals surface area contributed by atoms with Crippen LogP contribution in [0.25, 0.3) is 0 Å². The molecule has 1 aromatic rings. The van der Waals surface area contributed by atoms with Crippen LogP contribution in [-0.4, -0.2) is 6.54 Å². The van der Waals surface area contributed by atoms with E-state index in [0.29, 0.717) is 6.04 Å². The van der Waals surface area contributed by atoms with E-state index in [1.54, 1.807) is 0 Å². The van der Waals surface area contributed by atoms with Crippen LogP contribution in [0.3, 0.4) is 0 Å². The maximum absolute atomic E-state index is 3.73. The molecule has 1 heterocycles. The Kier molecular flexibility index (Phi) is 5.47. The first-order valence-electron chi connectivity index (χ1n) is 7.90. The van der Waals surface area contributed by atoms with Crippen molar-refractivity contribution in [2.45, 2.75) is 59.4 Å². The molecule has 0 aromatic carbocycles. The SMILES string of the molecule is CCNC(c1csc(C)c1)C1CCC(C(C)C)CC1. The van der Waals surface area contributed by atoms with Crippen molar-refractivity contribution < 1.29 is 0 Å². The van der Waals surface area contributed by atoms with E-state index in [1.165, 1.54) is 36.1 Å². The lowest BCUT2D eigenvalue weighted by molar-refractivity contribution is 0.190. The molecule has 19 heavy (non-hydrogen) atoms. The van der Waals surface area contributed by atoms with Crippen molar-refractivity contribution >= 4 is 11.3 Å². The molecule has 1 nitrogen and oxygen atoms in total. The quantitative estimate of drug-likeness (QED) is 0.784. The normalized spacial score (nSPS) is 25.7. The molecule has 0 aliphatic heterocycles. The summed E-state index contributed by atoms with van der Waals surface area (Å²) in [6.45, 7) is 10.3. The van der Waals surface area contributed by atoms with Gasteiger partial charge in [0.1, 0.15) is 0 Å². The van der Waals surface area contributed by atoms with Crippen LogP contribution >= 0.6 is 11.3 Å². The van der Waals surface area contributed by atoms with Crippen molar-refractivity contribution in [2.24, 2.45) is 17.8 Å². The van der Waals surface area contributed by atoms with Crippen molar-refractivity contribution in [2.75, 3.05) is 6.54 Å². The number of hydrogen-bond donors (Lipinski definition) is 1. The van der Waals surface area contributed by atoms with E-state index in [-0.39, 0.29) is 0 Å². The van der Waals surface area contributed by atoms with Gasteiger partial charge in [0, 0.05) is 10.9 Å². The van der Waals surface area contributed by atoms with Crippen LogP contribution in [0.15, 0.2) is 11.4 Å². The van der Waals surface area contributed by atoms with Crippen LogP contribution in [0, 0.1) is 24.7 Å². The van der Waals surface area contributed by atoms with Gasteiger partial charge in [0.2, 0.25) is 0 Å². The third-order valence-electron chi connectivity index (χ3n) is 4.76. The Morgan fingerprint density at radius 1 is 1.21 bits per heavy atom. The van der Waals surface area contributed by atoms with Crippen molar-refractivity contribution in [1.29, 1.82) is 0 Å². The monoisotopic (exact) mass is 279 g/mol. The molecular formula is C17H29NS. The Morgan fingerprint density at radius 3 is 2.32 bits per heavy atom. The molecule has 1 aliphatic rings. The lowest BCUT2D eigenvalue weighted by Crippen LogP contribution is -2.31. The van der Waals surface area contributed by atoms with Crippen LogP contribution in [0.5, 0.6) is 0 Å². The maximum atomic E-state index is 3.73. The van der Waals surface area contributed by atoms with Gasteiger partial charge in [-0.3, -0.25) is 0 Å². The standard InChI is InChI=1S/C17H29NS/c1-5-18-17(16-10-13(4)19-11-16)15-8-6-14(7-9-15)12(2)3/h10-12,14-15,17-18H,5-9H2,1-4H3. The number of rotatable bonds is 5. The highest BCUT2D eigenvalue weighted by Crippen LogP contribution is 2.40. The van der Waals surface area contributed by atoms with Crippen molar-refractivity contribution in [1.82, 2.24) is 5.32 Å². The van der Waals surface area contributed by atoms with E-state index >= 15 is 0 Å². The summed E-state index contributed by atoms with van der Waals surface area (Å²) in [7, 11) is 0. The Labute approximate surface area is 122 Å². The predicted octanol–water partition coefficient (Wildman–Crippen LogP) is 5.17. The van der Waals surface area contributed by atoms with Crippen LogP contribution < -0.4 is 5.32 Å². The van der Waals surface area contributed by atoms with Gasteiger partial charge in [-0.05, 0) is 73.9 Å². The van der Waals surface area contributed by atoms with Gasteiger partial charge in [-0.15, -0.1) is 11.3 Å². The molecule has 1 unspecified atom stereocenters. The summed E-state index contributed by atoms with van der Waals surface area (Å²) in [5, 5.41) is 6.09. The largest absolute Gasteiger partial charge is 0.310 e. The van der Waals surface area contributed by atoms with Crippen molar-refractivity contribution in [3.05, 3.63) is 21.9 Å². The van der Waals surface area contributed by atoms with Crippen LogP contribution in [0.2, 0.25) is 0 Å². The van der Waals surface area contributed by atoms with Crippen LogP contribution in [0.4, 0.5) is 0 Å². The van der Waals surface area contributed by atoms with E-state index in [1.807, 2.05) is 11.3 Å².